The first-order chi connectivity index (χ1) is 13.7. The Morgan fingerprint density at radius 1 is 1.11 bits per heavy atom. The van der Waals surface area contributed by atoms with Gasteiger partial charge in [0.1, 0.15) is 10.0 Å². The zero-order valence-corrected chi connectivity index (χ0v) is 17.0. The molecule has 0 atom stereocenters. The second kappa shape index (κ2) is 8.46. The van der Waals surface area contributed by atoms with E-state index in [0.29, 0.717) is 13.0 Å². The predicted octanol–water partition coefficient (Wildman–Crippen LogP) is 5.10. The van der Waals surface area contributed by atoms with Gasteiger partial charge in [-0.05, 0) is 25.1 Å². The van der Waals surface area contributed by atoms with E-state index in [1.807, 2.05) is 24.3 Å². The molecule has 1 amide bonds. The lowest BCUT2D eigenvalue weighted by Gasteiger charge is -2.00. The van der Waals surface area contributed by atoms with Gasteiger partial charge in [-0.1, -0.05) is 42.0 Å². The molecule has 2 aromatic heterocycles. The molecule has 0 radical (unpaired) electrons. The molecule has 0 aliphatic rings. The van der Waals surface area contributed by atoms with Crippen LogP contribution in [0.4, 0.5) is 0 Å². The monoisotopic (exact) mass is 405 g/mol. The molecular formula is C22H19N3OS2. The van der Waals surface area contributed by atoms with Gasteiger partial charge in [-0.3, -0.25) is 4.79 Å². The number of para-hydroxylation sites is 1. The number of aryl methyl sites for hydroxylation is 1. The number of benzene rings is 2. The van der Waals surface area contributed by atoms with E-state index in [-0.39, 0.29) is 5.91 Å². The zero-order valence-electron chi connectivity index (χ0n) is 15.4. The first kappa shape index (κ1) is 18.5. The maximum absolute atomic E-state index is 12.0. The Kier molecular flexibility index (Phi) is 5.60. The van der Waals surface area contributed by atoms with E-state index in [9.17, 15) is 4.79 Å². The van der Waals surface area contributed by atoms with Gasteiger partial charge in [0.2, 0.25) is 5.91 Å². The third kappa shape index (κ3) is 4.52. The number of hydrogen-bond donors (Lipinski definition) is 1. The highest BCUT2D eigenvalue weighted by Gasteiger charge is 2.05. The van der Waals surface area contributed by atoms with Crippen molar-refractivity contribution in [2.45, 2.75) is 13.3 Å². The lowest BCUT2D eigenvalue weighted by atomic mass is 10.2. The van der Waals surface area contributed by atoms with Gasteiger partial charge in [0.05, 0.1) is 15.9 Å². The number of amides is 1. The van der Waals surface area contributed by atoms with Gasteiger partial charge in [0.25, 0.3) is 0 Å². The number of thiazole rings is 2. The molecule has 0 bridgehead atoms. The van der Waals surface area contributed by atoms with Crippen LogP contribution in [0.2, 0.25) is 0 Å². The Morgan fingerprint density at radius 3 is 2.75 bits per heavy atom. The summed E-state index contributed by atoms with van der Waals surface area (Å²) in [6, 6.07) is 16.3. The number of aromatic nitrogens is 2. The molecule has 28 heavy (non-hydrogen) atoms. The minimum absolute atomic E-state index is 0.117. The molecule has 0 fully saturated rings. The lowest BCUT2D eigenvalue weighted by molar-refractivity contribution is -0.116. The summed E-state index contributed by atoms with van der Waals surface area (Å²) < 4.78 is 1.12. The van der Waals surface area contributed by atoms with E-state index in [0.717, 1.165) is 31.5 Å². The van der Waals surface area contributed by atoms with Crippen LogP contribution in [0, 0.1) is 6.92 Å². The Labute approximate surface area is 171 Å². The van der Waals surface area contributed by atoms with E-state index in [1.165, 1.54) is 11.6 Å². The van der Waals surface area contributed by atoms with Gasteiger partial charge in [0, 0.05) is 30.0 Å². The van der Waals surface area contributed by atoms with Crippen molar-refractivity contribution in [2.24, 2.45) is 0 Å². The maximum atomic E-state index is 12.0. The van der Waals surface area contributed by atoms with Crippen molar-refractivity contribution in [3.8, 4) is 10.6 Å². The van der Waals surface area contributed by atoms with Gasteiger partial charge in [-0.15, -0.1) is 22.7 Å². The Bertz CT molecular complexity index is 1090. The second-order valence-electron chi connectivity index (χ2n) is 6.40. The van der Waals surface area contributed by atoms with Crippen molar-refractivity contribution in [2.75, 3.05) is 6.54 Å². The van der Waals surface area contributed by atoms with Crippen molar-refractivity contribution in [1.82, 2.24) is 15.3 Å². The Hall–Kier alpha value is -2.83. The van der Waals surface area contributed by atoms with Crippen LogP contribution in [0.1, 0.15) is 16.3 Å². The molecule has 0 saturated heterocycles. The second-order valence-corrected chi connectivity index (χ2v) is 8.32. The van der Waals surface area contributed by atoms with Gasteiger partial charge < -0.3 is 5.32 Å². The first-order valence-corrected chi connectivity index (χ1v) is 10.7. The quantitative estimate of drug-likeness (QED) is 0.454. The molecule has 1 N–H and O–H groups in total. The molecule has 0 aliphatic carbocycles. The van der Waals surface area contributed by atoms with Crippen molar-refractivity contribution >= 4 is 44.9 Å². The molecule has 140 valence electrons. The molecule has 2 heterocycles. The van der Waals surface area contributed by atoms with E-state index in [2.05, 4.69) is 51.9 Å². The van der Waals surface area contributed by atoms with Gasteiger partial charge >= 0.3 is 0 Å². The number of nitrogens with zero attached hydrogens (tertiary/aromatic N) is 2. The largest absolute Gasteiger partial charge is 0.352 e. The molecule has 0 saturated carbocycles. The minimum atomic E-state index is -0.117. The summed E-state index contributed by atoms with van der Waals surface area (Å²) in [5, 5.41) is 6.80. The molecule has 0 aliphatic heterocycles. The number of carbonyl (C=O) groups is 1. The summed E-state index contributed by atoms with van der Waals surface area (Å²) in [5.74, 6) is -0.117. The lowest BCUT2D eigenvalue weighted by Crippen LogP contribution is -2.23. The fraction of sp³-hybridized carbons (Fsp3) is 0.136. The summed E-state index contributed by atoms with van der Waals surface area (Å²) in [6.07, 6.45) is 4.01. The smallest absolute Gasteiger partial charge is 0.244 e. The zero-order chi connectivity index (χ0) is 19.3. The van der Waals surface area contributed by atoms with Crippen LogP contribution >= 0.6 is 22.7 Å². The van der Waals surface area contributed by atoms with Crippen LogP contribution in [0.3, 0.4) is 0 Å². The standard InChI is InChI=1S/C22H19N3OS2/c1-15-6-8-16(9-7-15)22-24-17(14-27-22)12-13-23-20(26)10-11-21-25-18-4-2-3-5-19(18)28-21/h2-11,14H,12-13H2,1H3,(H,23,26)/b11-10+. The predicted molar refractivity (Wildman–Crippen MR) is 118 cm³/mol. The molecule has 2 aromatic carbocycles. The van der Waals surface area contributed by atoms with Gasteiger partial charge in [-0.2, -0.15) is 0 Å². The number of nitrogens with one attached hydrogen (secondary N) is 1. The highest BCUT2D eigenvalue weighted by atomic mass is 32.1. The molecule has 0 spiro atoms. The third-order valence-electron chi connectivity index (χ3n) is 4.22. The minimum Gasteiger partial charge on any atom is -0.352 e. The first-order valence-electron chi connectivity index (χ1n) is 9.00. The summed E-state index contributed by atoms with van der Waals surface area (Å²) in [5.41, 5.74) is 4.32. The van der Waals surface area contributed by atoms with Crippen LogP contribution in [-0.4, -0.2) is 22.4 Å². The van der Waals surface area contributed by atoms with Crippen molar-refractivity contribution < 1.29 is 4.79 Å². The van der Waals surface area contributed by atoms with Gasteiger partial charge in [-0.25, -0.2) is 9.97 Å². The van der Waals surface area contributed by atoms with E-state index in [1.54, 1.807) is 28.7 Å². The molecule has 4 rings (SSSR count). The third-order valence-corrected chi connectivity index (χ3v) is 6.16. The Balaban J connectivity index is 1.29. The molecule has 0 unspecified atom stereocenters. The van der Waals surface area contributed by atoms with Crippen LogP contribution < -0.4 is 5.32 Å². The fourth-order valence-electron chi connectivity index (χ4n) is 2.73. The highest BCUT2D eigenvalue weighted by Crippen LogP contribution is 2.24. The van der Waals surface area contributed by atoms with Crippen LogP contribution in [0.25, 0.3) is 26.9 Å². The van der Waals surface area contributed by atoms with E-state index >= 15 is 0 Å². The summed E-state index contributed by atoms with van der Waals surface area (Å²) in [4.78, 5) is 21.2. The SMILES string of the molecule is Cc1ccc(-c2nc(CCNC(=O)/C=C/c3nc4ccccc4s3)cs2)cc1. The van der Waals surface area contributed by atoms with Gasteiger partial charge in [0.15, 0.2) is 0 Å². The number of fused-ring (bicyclic) bond motifs is 1. The Morgan fingerprint density at radius 2 is 1.93 bits per heavy atom. The van der Waals surface area contributed by atoms with E-state index < -0.39 is 0 Å². The number of carbonyl (C=O) groups excluding carboxylic acids is 1. The van der Waals surface area contributed by atoms with Crippen LogP contribution in [-0.2, 0) is 11.2 Å². The van der Waals surface area contributed by atoms with Crippen molar-refractivity contribution in [3.63, 3.8) is 0 Å². The normalized spacial score (nSPS) is 11.3. The van der Waals surface area contributed by atoms with Crippen LogP contribution in [0.5, 0.6) is 0 Å². The average Bonchev–Trinajstić information content (AvgIpc) is 3.33. The van der Waals surface area contributed by atoms with E-state index in [4.69, 9.17) is 0 Å². The maximum Gasteiger partial charge on any atom is 0.244 e. The molecule has 4 nitrogen and oxygen atoms in total. The summed E-state index contributed by atoms with van der Waals surface area (Å²) in [7, 11) is 0. The number of hydrogen-bond acceptors (Lipinski definition) is 5. The van der Waals surface area contributed by atoms with Crippen molar-refractivity contribution in [1.29, 1.82) is 0 Å². The highest BCUT2D eigenvalue weighted by molar-refractivity contribution is 7.19. The van der Waals surface area contributed by atoms with Crippen molar-refractivity contribution in [3.05, 3.63) is 76.3 Å². The molecule has 6 heteroatoms. The molecule has 4 aromatic rings. The molecular weight excluding hydrogens is 386 g/mol. The number of rotatable bonds is 6. The average molecular weight is 406 g/mol. The van der Waals surface area contributed by atoms with Crippen LogP contribution in [0.15, 0.2) is 60.0 Å². The fourth-order valence-corrected chi connectivity index (χ4v) is 4.46. The topological polar surface area (TPSA) is 54.9 Å². The summed E-state index contributed by atoms with van der Waals surface area (Å²) in [6.45, 7) is 2.63. The summed E-state index contributed by atoms with van der Waals surface area (Å²) >= 11 is 3.21.